The molecule has 5 nitrogen and oxygen atoms in total. The molecule has 0 aromatic heterocycles. The molecule has 1 amide bonds. The lowest BCUT2D eigenvalue weighted by Crippen LogP contribution is -2.63. The van der Waals surface area contributed by atoms with Crippen molar-refractivity contribution in [3.8, 4) is 11.1 Å². The van der Waals surface area contributed by atoms with Gasteiger partial charge in [0.15, 0.2) is 0 Å². The highest BCUT2D eigenvalue weighted by molar-refractivity contribution is 5.85. The SMILES string of the molecule is CC(C(=O)O)(N(Cc1ccccc1)C(=O)OCC1c2ccccc2-c2ccccc21)C(F)(F)F. The van der Waals surface area contributed by atoms with Crippen LogP contribution in [0.3, 0.4) is 0 Å². The summed E-state index contributed by atoms with van der Waals surface area (Å²) in [5.74, 6) is -2.57. The molecule has 0 fully saturated rings. The fraction of sp³-hybridized carbons (Fsp3) is 0.231. The molecular formula is C26H22F3NO4. The minimum Gasteiger partial charge on any atom is -0.479 e. The van der Waals surface area contributed by atoms with Gasteiger partial charge in [-0.15, -0.1) is 0 Å². The van der Waals surface area contributed by atoms with Gasteiger partial charge >= 0.3 is 18.2 Å². The van der Waals surface area contributed by atoms with E-state index in [1.165, 1.54) is 12.1 Å². The van der Waals surface area contributed by atoms with Crippen molar-refractivity contribution in [1.29, 1.82) is 0 Å². The molecule has 4 rings (SSSR count). The van der Waals surface area contributed by atoms with Gasteiger partial charge in [0.1, 0.15) is 6.61 Å². The highest BCUT2D eigenvalue weighted by Crippen LogP contribution is 2.45. The highest BCUT2D eigenvalue weighted by atomic mass is 19.4. The molecule has 1 unspecified atom stereocenters. The number of alkyl halides is 3. The van der Waals surface area contributed by atoms with Crippen molar-refractivity contribution in [2.75, 3.05) is 6.61 Å². The Balaban J connectivity index is 1.65. The second-order valence-corrected chi connectivity index (χ2v) is 8.25. The summed E-state index contributed by atoms with van der Waals surface area (Å²) >= 11 is 0. The van der Waals surface area contributed by atoms with Crippen LogP contribution in [-0.4, -0.2) is 40.4 Å². The van der Waals surface area contributed by atoms with Gasteiger partial charge in [0, 0.05) is 5.92 Å². The Morgan fingerprint density at radius 3 is 1.88 bits per heavy atom. The number of amides is 1. The second kappa shape index (κ2) is 8.85. The lowest BCUT2D eigenvalue weighted by atomic mass is 9.97. The van der Waals surface area contributed by atoms with E-state index in [0.29, 0.717) is 12.5 Å². The lowest BCUT2D eigenvalue weighted by Gasteiger charge is -2.38. The Morgan fingerprint density at radius 1 is 0.882 bits per heavy atom. The molecular weight excluding hydrogens is 447 g/mol. The normalized spacial score (nSPS) is 14.6. The van der Waals surface area contributed by atoms with Crippen LogP contribution >= 0.6 is 0 Å². The van der Waals surface area contributed by atoms with Crippen molar-refractivity contribution < 1.29 is 32.6 Å². The fourth-order valence-electron chi connectivity index (χ4n) is 4.23. The van der Waals surface area contributed by atoms with E-state index in [9.17, 15) is 27.9 Å². The number of hydrogen-bond donors (Lipinski definition) is 1. The van der Waals surface area contributed by atoms with E-state index in [1.807, 2.05) is 48.5 Å². The molecule has 0 radical (unpaired) electrons. The highest BCUT2D eigenvalue weighted by Gasteiger charge is 2.63. The van der Waals surface area contributed by atoms with Crippen LogP contribution < -0.4 is 0 Å². The molecule has 3 aromatic rings. The van der Waals surface area contributed by atoms with Gasteiger partial charge in [0.05, 0.1) is 6.54 Å². The molecule has 1 N–H and O–H groups in total. The molecule has 0 aliphatic heterocycles. The topological polar surface area (TPSA) is 66.8 Å². The number of carbonyl (C=O) groups is 2. The summed E-state index contributed by atoms with van der Waals surface area (Å²) in [4.78, 5) is 25.1. The van der Waals surface area contributed by atoms with Crippen molar-refractivity contribution >= 4 is 12.1 Å². The summed E-state index contributed by atoms with van der Waals surface area (Å²) in [7, 11) is 0. The third-order valence-electron chi connectivity index (χ3n) is 6.25. The number of carbonyl (C=O) groups excluding carboxylic acids is 1. The van der Waals surface area contributed by atoms with Crippen LogP contribution in [0.15, 0.2) is 78.9 Å². The van der Waals surface area contributed by atoms with Crippen LogP contribution in [0.4, 0.5) is 18.0 Å². The number of aliphatic carboxylic acids is 1. The number of fused-ring (bicyclic) bond motifs is 3. The zero-order chi connectivity index (χ0) is 24.5. The zero-order valence-corrected chi connectivity index (χ0v) is 18.3. The smallest absolute Gasteiger partial charge is 0.422 e. The van der Waals surface area contributed by atoms with Crippen molar-refractivity contribution in [2.24, 2.45) is 0 Å². The van der Waals surface area contributed by atoms with Crippen LogP contribution in [0, 0.1) is 0 Å². The number of halogens is 3. The average molecular weight is 469 g/mol. The van der Waals surface area contributed by atoms with E-state index < -0.39 is 30.3 Å². The van der Waals surface area contributed by atoms with Gasteiger partial charge in [-0.05, 0) is 34.7 Å². The first kappa shape index (κ1) is 23.4. The molecule has 3 aromatic carbocycles. The summed E-state index contributed by atoms with van der Waals surface area (Å²) in [6.45, 7) is -0.342. The number of carboxylic acids is 1. The maximum Gasteiger partial charge on any atom is 0.422 e. The lowest BCUT2D eigenvalue weighted by molar-refractivity contribution is -0.229. The molecule has 0 heterocycles. The van der Waals surface area contributed by atoms with E-state index in [0.717, 1.165) is 22.3 Å². The monoisotopic (exact) mass is 469 g/mol. The molecule has 1 aliphatic carbocycles. The predicted octanol–water partition coefficient (Wildman–Crippen LogP) is 5.84. The molecule has 0 saturated carbocycles. The number of nitrogens with zero attached hydrogens (tertiary/aromatic N) is 1. The molecule has 1 atom stereocenters. The van der Waals surface area contributed by atoms with Crippen molar-refractivity contribution in [1.82, 2.24) is 4.90 Å². The number of hydrogen-bond acceptors (Lipinski definition) is 3. The van der Waals surface area contributed by atoms with Gasteiger partial charge in [-0.1, -0.05) is 78.9 Å². The minimum atomic E-state index is -5.24. The van der Waals surface area contributed by atoms with Gasteiger partial charge in [-0.3, -0.25) is 4.90 Å². The molecule has 1 aliphatic rings. The first-order valence-electron chi connectivity index (χ1n) is 10.6. The number of ether oxygens (including phenoxy) is 1. The largest absolute Gasteiger partial charge is 0.479 e. The first-order valence-corrected chi connectivity index (χ1v) is 10.6. The van der Waals surface area contributed by atoms with Crippen LogP contribution in [0.25, 0.3) is 11.1 Å². The van der Waals surface area contributed by atoms with Gasteiger partial charge in [0.2, 0.25) is 5.54 Å². The van der Waals surface area contributed by atoms with Crippen LogP contribution in [0.2, 0.25) is 0 Å². The fourth-order valence-corrected chi connectivity index (χ4v) is 4.23. The van der Waals surface area contributed by atoms with E-state index >= 15 is 0 Å². The molecule has 0 bridgehead atoms. The Morgan fingerprint density at radius 2 is 1.38 bits per heavy atom. The molecule has 0 spiro atoms. The molecule has 8 heteroatoms. The molecule has 34 heavy (non-hydrogen) atoms. The van der Waals surface area contributed by atoms with Gasteiger partial charge in [0.25, 0.3) is 0 Å². The minimum absolute atomic E-state index is 0.230. The predicted molar refractivity (Wildman–Crippen MR) is 119 cm³/mol. The number of rotatable bonds is 6. The van der Waals surface area contributed by atoms with E-state index in [1.54, 1.807) is 18.2 Å². The Labute approximate surface area is 194 Å². The van der Waals surface area contributed by atoms with Gasteiger partial charge in [-0.2, -0.15) is 13.2 Å². The summed E-state index contributed by atoms with van der Waals surface area (Å²) < 4.78 is 47.3. The summed E-state index contributed by atoms with van der Waals surface area (Å²) in [5, 5.41) is 9.54. The van der Waals surface area contributed by atoms with Gasteiger partial charge in [-0.25, -0.2) is 9.59 Å². The van der Waals surface area contributed by atoms with E-state index in [2.05, 4.69) is 0 Å². The molecule has 0 saturated heterocycles. The van der Waals surface area contributed by atoms with Crippen molar-refractivity contribution in [3.63, 3.8) is 0 Å². The third kappa shape index (κ3) is 4.00. The average Bonchev–Trinajstić information content (AvgIpc) is 3.14. The Hall–Kier alpha value is -3.81. The molecule has 176 valence electrons. The summed E-state index contributed by atoms with van der Waals surface area (Å²) in [5.41, 5.74) is 0.571. The number of benzene rings is 3. The Bertz CT molecular complexity index is 1170. The Kier molecular flexibility index (Phi) is 6.08. The van der Waals surface area contributed by atoms with E-state index in [-0.39, 0.29) is 17.4 Å². The quantitative estimate of drug-likeness (QED) is 0.492. The van der Waals surface area contributed by atoms with Crippen LogP contribution in [0.1, 0.15) is 29.5 Å². The maximum atomic E-state index is 14.0. The first-order chi connectivity index (χ1) is 16.1. The number of carboxylic acid groups (broad SMARTS) is 1. The van der Waals surface area contributed by atoms with Crippen molar-refractivity contribution in [3.05, 3.63) is 95.6 Å². The summed E-state index contributed by atoms with van der Waals surface area (Å²) in [6.07, 6.45) is -6.59. The van der Waals surface area contributed by atoms with Gasteiger partial charge < -0.3 is 9.84 Å². The maximum absolute atomic E-state index is 14.0. The third-order valence-corrected chi connectivity index (χ3v) is 6.25. The van der Waals surface area contributed by atoms with Crippen LogP contribution in [0.5, 0.6) is 0 Å². The zero-order valence-electron chi connectivity index (χ0n) is 18.3. The van der Waals surface area contributed by atoms with E-state index in [4.69, 9.17) is 4.74 Å². The van der Waals surface area contributed by atoms with Crippen LogP contribution in [-0.2, 0) is 16.1 Å². The standard InChI is InChI=1S/C26H22F3NO4/c1-25(23(31)32,26(27,28)29)30(15-17-9-3-2-4-10-17)24(33)34-16-22-20-13-7-5-11-18(20)19-12-6-8-14-21(19)22/h2-14,22H,15-16H2,1H3,(H,31,32). The summed E-state index contributed by atoms with van der Waals surface area (Å²) in [6, 6.07) is 23.0. The van der Waals surface area contributed by atoms with Crippen molar-refractivity contribution in [2.45, 2.75) is 31.1 Å². The second-order valence-electron chi connectivity index (χ2n) is 8.25.